The first-order chi connectivity index (χ1) is 7.66. The van der Waals surface area contributed by atoms with E-state index in [1.165, 1.54) is 6.42 Å². The molecule has 0 unspecified atom stereocenters. The quantitative estimate of drug-likeness (QED) is 0.702. The predicted octanol–water partition coefficient (Wildman–Crippen LogP) is 3.82. The Morgan fingerprint density at radius 3 is 2.06 bits per heavy atom. The topological polar surface area (TPSA) is 9.23 Å². The number of rotatable bonds is 2. The summed E-state index contributed by atoms with van der Waals surface area (Å²) >= 11 is 0. The Balaban J connectivity index is 2.09. The van der Waals surface area contributed by atoms with Gasteiger partial charge in [0.05, 0.1) is 6.10 Å². The highest BCUT2D eigenvalue weighted by molar-refractivity contribution is 5.25. The molecule has 0 heterocycles. The van der Waals surface area contributed by atoms with Crippen LogP contribution in [0.2, 0.25) is 0 Å². The zero-order chi connectivity index (χ0) is 11.5. The molecule has 4 heteroatoms. The van der Waals surface area contributed by atoms with Crippen LogP contribution in [0.15, 0.2) is 12.1 Å². The summed E-state index contributed by atoms with van der Waals surface area (Å²) in [5, 5.41) is 0. The fourth-order valence-corrected chi connectivity index (χ4v) is 1.98. The van der Waals surface area contributed by atoms with E-state index in [0.717, 1.165) is 37.8 Å². The van der Waals surface area contributed by atoms with E-state index in [4.69, 9.17) is 4.74 Å². The first-order valence-electron chi connectivity index (χ1n) is 5.48. The van der Waals surface area contributed by atoms with Gasteiger partial charge in [-0.25, -0.2) is 13.2 Å². The smallest absolute Gasteiger partial charge is 0.194 e. The van der Waals surface area contributed by atoms with Crippen LogP contribution in [0.25, 0.3) is 0 Å². The van der Waals surface area contributed by atoms with E-state index in [-0.39, 0.29) is 11.9 Å². The van der Waals surface area contributed by atoms with Crippen LogP contribution >= 0.6 is 0 Å². The van der Waals surface area contributed by atoms with Crippen LogP contribution in [-0.4, -0.2) is 6.10 Å². The van der Waals surface area contributed by atoms with E-state index in [0.29, 0.717) is 0 Å². The summed E-state index contributed by atoms with van der Waals surface area (Å²) in [6, 6.07) is 1.79. The van der Waals surface area contributed by atoms with E-state index in [1.807, 2.05) is 0 Å². The van der Waals surface area contributed by atoms with Gasteiger partial charge < -0.3 is 4.74 Å². The average Bonchev–Trinajstić information content (AvgIpc) is 2.27. The van der Waals surface area contributed by atoms with Gasteiger partial charge in [-0.3, -0.25) is 0 Å². The average molecular weight is 230 g/mol. The highest BCUT2D eigenvalue weighted by Gasteiger charge is 2.17. The fraction of sp³-hybridized carbons (Fsp3) is 0.500. The molecular formula is C12H13F3O. The minimum atomic E-state index is -1.45. The molecule has 0 amide bonds. The molecule has 0 spiro atoms. The summed E-state index contributed by atoms with van der Waals surface area (Å²) in [5.41, 5.74) is 0. The van der Waals surface area contributed by atoms with Crippen LogP contribution in [-0.2, 0) is 0 Å². The maximum absolute atomic E-state index is 12.9. The van der Waals surface area contributed by atoms with Crippen LogP contribution in [0.4, 0.5) is 13.2 Å². The van der Waals surface area contributed by atoms with E-state index in [1.54, 1.807) is 0 Å². The van der Waals surface area contributed by atoms with Gasteiger partial charge in [-0.1, -0.05) is 6.42 Å². The van der Waals surface area contributed by atoms with Crippen LogP contribution in [0.5, 0.6) is 5.75 Å². The zero-order valence-corrected chi connectivity index (χ0v) is 8.81. The summed E-state index contributed by atoms with van der Waals surface area (Å²) in [5.74, 6) is -3.78. The van der Waals surface area contributed by atoms with Crippen LogP contribution < -0.4 is 4.74 Å². The van der Waals surface area contributed by atoms with Gasteiger partial charge in [0.15, 0.2) is 17.5 Å². The SMILES string of the molecule is Fc1cc(OC2CCCCC2)cc(F)c1F. The highest BCUT2D eigenvalue weighted by atomic mass is 19.2. The van der Waals surface area contributed by atoms with Crippen molar-refractivity contribution in [1.82, 2.24) is 0 Å². The lowest BCUT2D eigenvalue weighted by atomic mass is 9.98. The van der Waals surface area contributed by atoms with Crippen LogP contribution in [0.1, 0.15) is 32.1 Å². The summed E-state index contributed by atoms with van der Waals surface area (Å²) in [6.45, 7) is 0. The number of hydrogen-bond acceptors (Lipinski definition) is 1. The van der Waals surface area contributed by atoms with Gasteiger partial charge in [0, 0.05) is 12.1 Å². The molecule has 2 rings (SSSR count). The molecule has 0 aliphatic heterocycles. The van der Waals surface area contributed by atoms with Crippen molar-refractivity contribution in [3.05, 3.63) is 29.6 Å². The van der Waals surface area contributed by atoms with Crippen molar-refractivity contribution in [1.29, 1.82) is 0 Å². The lowest BCUT2D eigenvalue weighted by molar-refractivity contribution is 0.153. The molecule has 1 nitrogen and oxygen atoms in total. The van der Waals surface area contributed by atoms with Gasteiger partial charge in [-0.05, 0) is 25.7 Å². The van der Waals surface area contributed by atoms with Gasteiger partial charge in [-0.15, -0.1) is 0 Å². The molecule has 0 saturated heterocycles. The largest absolute Gasteiger partial charge is 0.490 e. The molecular weight excluding hydrogens is 217 g/mol. The van der Waals surface area contributed by atoms with E-state index < -0.39 is 17.5 Å². The summed E-state index contributed by atoms with van der Waals surface area (Å²) in [7, 11) is 0. The standard InChI is InChI=1S/C12H13F3O/c13-10-6-9(7-11(14)12(10)15)16-8-4-2-1-3-5-8/h6-8H,1-5H2. The van der Waals surface area contributed by atoms with E-state index >= 15 is 0 Å². The number of halogens is 3. The molecule has 0 atom stereocenters. The lowest BCUT2D eigenvalue weighted by Gasteiger charge is -2.23. The van der Waals surface area contributed by atoms with Crippen LogP contribution in [0.3, 0.4) is 0 Å². The van der Waals surface area contributed by atoms with Crippen molar-refractivity contribution in [2.45, 2.75) is 38.2 Å². The minimum Gasteiger partial charge on any atom is -0.490 e. The molecule has 1 aromatic carbocycles. The third kappa shape index (κ3) is 2.49. The third-order valence-corrected chi connectivity index (χ3v) is 2.81. The Kier molecular flexibility index (Phi) is 3.36. The highest BCUT2D eigenvalue weighted by Crippen LogP contribution is 2.25. The maximum Gasteiger partial charge on any atom is 0.194 e. The normalized spacial score (nSPS) is 17.4. The van der Waals surface area contributed by atoms with Crippen molar-refractivity contribution in [3.63, 3.8) is 0 Å². The molecule has 1 aliphatic rings. The van der Waals surface area contributed by atoms with E-state index in [9.17, 15) is 13.2 Å². The maximum atomic E-state index is 12.9. The molecule has 0 aromatic heterocycles. The van der Waals surface area contributed by atoms with Crippen molar-refractivity contribution in [2.24, 2.45) is 0 Å². The molecule has 0 N–H and O–H groups in total. The summed E-state index contributed by atoms with van der Waals surface area (Å²) in [4.78, 5) is 0. The monoisotopic (exact) mass is 230 g/mol. The van der Waals surface area contributed by atoms with Gasteiger partial charge in [-0.2, -0.15) is 0 Å². The Hall–Kier alpha value is -1.19. The Bertz CT molecular complexity index is 350. The van der Waals surface area contributed by atoms with Crippen molar-refractivity contribution in [3.8, 4) is 5.75 Å². The van der Waals surface area contributed by atoms with E-state index in [2.05, 4.69) is 0 Å². The summed E-state index contributed by atoms with van der Waals surface area (Å²) < 4.78 is 43.9. The molecule has 0 bridgehead atoms. The first-order valence-corrected chi connectivity index (χ1v) is 5.48. The molecule has 16 heavy (non-hydrogen) atoms. The molecule has 1 aliphatic carbocycles. The second kappa shape index (κ2) is 4.76. The second-order valence-electron chi connectivity index (χ2n) is 4.08. The van der Waals surface area contributed by atoms with Gasteiger partial charge >= 0.3 is 0 Å². The first kappa shape index (κ1) is 11.3. The van der Waals surface area contributed by atoms with Crippen LogP contribution in [0, 0.1) is 17.5 Å². The number of hydrogen-bond donors (Lipinski definition) is 0. The van der Waals surface area contributed by atoms with Gasteiger partial charge in [0.25, 0.3) is 0 Å². The van der Waals surface area contributed by atoms with Gasteiger partial charge in [0.1, 0.15) is 5.75 Å². The Labute approximate surface area is 92.2 Å². The fourth-order valence-electron chi connectivity index (χ4n) is 1.98. The predicted molar refractivity (Wildman–Crippen MR) is 53.8 cm³/mol. The van der Waals surface area contributed by atoms with Crippen molar-refractivity contribution in [2.75, 3.05) is 0 Å². The molecule has 0 radical (unpaired) electrons. The molecule has 1 saturated carbocycles. The molecule has 88 valence electrons. The molecule has 1 fully saturated rings. The second-order valence-corrected chi connectivity index (χ2v) is 4.08. The zero-order valence-electron chi connectivity index (χ0n) is 8.81. The Morgan fingerprint density at radius 1 is 0.938 bits per heavy atom. The lowest BCUT2D eigenvalue weighted by Crippen LogP contribution is -2.19. The van der Waals surface area contributed by atoms with Crippen molar-refractivity contribution < 1.29 is 17.9 Å². The minimum absolute atomic E-state index is 0.00184. The summed E-state index contributed by atoms with van der Waals surface area (Å²) in [6.07, 6.45) is 5.08. The number of benzene rings is 1. The number of ether oxygens (including phenoxy) is 1. The Morgan fingerprint density at radius 2 is 1.50 bits per heavy atom. The van der Waals surface area contributed by atoms with Crippen molar-refractivity contribution >= 4 is 0 Å². The van der Waals surface area contributed by atoms with Gasteiger partial charge in [0.2, 0.25) is 0 Å². The molecule has 1 aromatic rings. The third-order valence-electron chi connectivity index (χ3n) is 2.81.